The molecular formula is C14H17BrN2O4. The smallest absolute Gasteiger partial charge is 0.248 e. The van der Waals surface area contributed by atoms with E-state index in [0.717, 1.165) is 6.42 Å². The lowest BCUT2D eigenvalue weighted by atomic mass is 10.2. The van der Waals surface area contributed by atoms with Crippen LogP contribution in [-0.2, 0) is 0 Å². The second kappa shape index (κ2) is 6.80. The number of aromatic nitrogens is 2. The van der Waals surface area contributed by atoms with E-state index in [1.54, 1.807) is 33.5 Å². The third-order valence-corrected chi connectivity index (χ3v) is 4.02. The van der Waals surface area contributed by atoms with Crippen LogP contribution in [0.3, 0.4) is 0 Å². The lowest BCUT2D eigenvalue weighted by Gasteiger charge is -2.12. The van der Waals surface area contributed by atoms with E-state index in [-0.39, 0.29) is 4.83 Å². The number of methoxy groups -OCH3 is 3. The molecule has 0 aliphatic heterocycles. The third-order valence-electron chi connectivity index (χ3n) is 2.98. The monoisotopic (exact) mass is 356 g/mol. The lowest BCUT2D eigenvalue weighted by molar-refractivity contribution is 0.324. The van der Waals surface area contributed by atoms with Crippen molar-refractivity contribution in [1.29, 1.82) is 0 Å². The Balaban J connectivity index is 2.46. The van der Waals surface area contributed by atoms with E-state index in [2.05, 4.69) is 26.1 Å². The Morgan fingerprint density at radius 2 is 1.71 bits per heavy atom. The molecule has 0 fully saturated rings. The molecular weight excluding hydrogens is 340 g/mol. The Hall–Kier alpha value is -1.76. The van der Waals surface area contributed by atoms with E-state index in [1.807, 2.05) is 6.92 Å². The zero-order valence-corrected chi connectivity index (χ0v) is 13.9. The molecule has 6 nitrogen and oxygen atoms in total. The number of alkyl halides is 1. The normalized spacial score (nSPS) is 12.0. The van der Waals surface area contributed by atoms with Gasteiger partial charge in [0.2, 0.25) is 17.5 Å². The van der Waals surface area contributed by atoms with Gasteiger partial charge in [0.1, 0.15) is 0 Å². The number of rotatable bonds is 6. The fourth-order valence-electron chi connectivity index (χ4n) is 1.86. The largest absolute Gasteiger partial charge is 0.493 e. The van der Waals surface area contributed by atoms with E-state index >= 15 is 0 Å². The molecule has 0 saturated heterocycles. The second-order valence-corrected chi connectivity index (χ2v) is 5.34. The predicted molar refractivity (Wildman–Crippen MR) is 81.3 cm³/mol. The summed E-state index contributed by atoms with van der Waals surface area (Å²) >= 11 is 3.48. The first-order chi connectivity index (χ1) is 10.1. The van der Waals surface area contributed by atoms with Crippen LogP contribution in [0.1, 0.15) is 24.1 Å². The van der Waals surface area contributed by atoms with Gasteiger partial charge in [-0.1, -0.05) is 22.9 Å². The molecule has 0 N–H and O–H groups in total. The van der Waals surface area contributed by atoms with Crippen molar-refractivity contribution in [2.45, 2.75) is 18.2 Å². The van der Waals surface area contributed by atoms with Gasteiger partial charge < -0.3 is 18.6 Å². The summed E-state index contributed by atoms with van der Waals surface area (Å²) in [6, 6.07) is 3.54. The highest BCUT2D eigenvalue weighted by molar-refractivity contribution is 9.09. The van der Waals surface area contributed by atoms with Gasteiger partial charge in [-0.05, 0) is 18.6 Å². The molecule has 1 aromatic carbocycles. The van der Waals surface area contributed by atoms with Crippen LogP contribution in [0.15, 0.2) is 16.5 Å². The summed E-state index contributed by atoms with van der Waals surface area (Å²) < 4.78 is 21.6. The van der Waals surface area contributed by atoms with E-state index in [4.69, 9.17) is 18.6 Å². The molecule has 114 valence electrons. The minimum absolute atomic E-state index is 0.0424. The van der Waals surface area contributed by atoms with Gasteiger partial charge in [0.05, 0.1) is 26.2 Å². The first-order valence-corrected chi connectivity index (χ1v) is 7.34. The summed E-state index contributed by atoms with van der Waals surface area (Å²) in [5, 5.41) is 8.10. The first kappa shape index (κ1) is 15.6. The van der Waals surface area contributed by atoms with Gasteiger partial charge >= 0.3 is 0 Å². The third kappa shape index (κ3) is 3.12. The molecule has 7 heteroatoms. The van der Waals surface area contributed by atoms with E-state index < -0.39 is 0 Å². The van der Waals surface area contributed by atoms with Crippen LogP contribution < -0.4 is 14.2 Å². The number of hydrogen-bond acceptors (Lipinski definition) is 6. The van der Waals surface area contributed by atoms with Crippen molar-refractivity contribution >= 4 is 15.9 Å². The minimum atomic E-state index is 0.0424. The highest BCUT2D eigenvalue weighted by Gasteiger charge is 2.19. The maximum Gasteiger partial charge on any atom is 0.248 e. The number of hydrogen-bond donors (Lipinski definition) is 0. The van der Waals surface area contributed by atoms with Crippen LogP contribution in [0.2, 0.25) is 0 Å². The summed E-state index contributed by atoms with van der Waals surface area (Å²) in [6.07, 6.45) is 0.858. The van der Waals surface area contributed by atoms with Crippen molar-refractivity contribution in [3.8, 4) is 28.7 Å². The molecule has 1 unspecified atom stereocenters. The maximum atomic E-state index is 5.67. The maximum absolute atomic E-state index is 5.67. The van der Waals surface area contributed by atoms with Gasteiger partial charge in [-0.2, -0.15) is 0 Å². The quantitative estimate of drug-likeness (QED) is 0.736. The second-order valence-electron chi connectivity index (χ2n) is 4.24. The molecule has 21 heavy (non-hydrogen) atoms. The van der Waals surface area contributed by atoms with Crippen molar-refractivity contribution in [3.05, 3.63) is 18.0 Å². The molecule has 0 bridgehead atoms. The molecule has 0 spiro atoms. The first-order valence-electron chi connectivity index (χ1n) is 6.42. The molecule has 1 atom stereocenters. The molecule has 2 rings (SSSR count). The predicted octanol–water partition coefficient (Wildman–Crippen LogP) is 3.61. The Morgan fingerprint density at radius 3 is 2.19 bits per heavy atom. The van der Waals surface area contributed by atoms with E-state index in [1.165, 1.54) is 0 Å². The Morgan fingerprint density at radius 1 is 1.10 bits per heavy atom. The summed E-state index contributed by atoms with van der Waals surface area (Å²) in [5.74, 6) is 2.55. The summed E-state index contributed by atoms with van der Waals surface area (Å²) in [6.45, 7) is 2.03. The highest BCUT2D eigenvalue weighted by atomic mass is 79.9. The molecule has 1 aromatic heterocycles. The van der Waals surface area contributed by atoms with E-state index in [0.29, 0.717) is 34.6 Å². The Kier molecular flexibility index (Phi) is 5.06. The van der Waals surface area contributed by atoms with Crippen LogP contribution in [0.4, 0.5) is 0 Å². The van der Waals surface area contributed by atoms with Crippen molar-refractivity contribution in [2.24, 2.45) is 0 Å². The molecule has 0 aliphatic carbocycles. The molecule has 1 heterocycles. The number of benzene rings is 1. The van der Waals surface area contributed by atoms with Crippen LogP contribution >= 0.6 is 15.9 Å². The Bertz CT molecular complexity index is 590. The van der Waals surface area contributed by atoms with Gasteiger partial charge in [-0.3, -0.25) is 0 Å². The molecule has 2 aromatic rings. The van der Waals surface area contributed by atoms with Crippen molar-refractivity contribution < 1.29 is 18.6 Å². The average Bonchev–Trinajstić information content (AvgIpc) is 3.02. The van der Waals surface area contributed by atoms with Gasteiger partial charge in [0.25, 0.3) is 0 Å². The topological polar surface area (TPSA) is 66.6 Å². The van der Waals surface area contributed by atoms with Crippen molar-refractivity contribution in [2.75, 3.05) is 21.3 Å². The fourth-order valence-corrected chi connectivity index (χ4v) is 2.04. The SMILES string of the molecule is CCC(Br)c1nnc(-c2cc(OC)c(OC)c(OC)c2)o1. The van der Waals surface area contributed by atoms with Gasteiger partial charge in [0, 0.05) is 5.56 Å². The van der Waals surface area contributed by atoms with Gasteiger partial charge in [-0.25, -0.2) is 0 Å². The van der Waals surface area contributed by atoms with Crippen molar-refractivity contribution in [3.63, 3.8) is 0 Å². The fraction of sp³-hybridized carbons (Fsp3) is 0.429. The highest BCUT2D eigenvalue weighted by Crippen LogP contribution is 2.41. The molecule has 0 aliphatic rings. The summed E-state index contributed by atoms with van der Waals surface area (Å²) in [7, 11) is 4.68. The lowest BCUT2D eigenvalue weighted by Crippen LogP contribution is -1.95. The van der Waals surface area contributed by atoms with Crippen LogP contribution in [0, 0.1) is 0 Å². The zero-order valence-electron chi connectivity index (χ0n) is 12.3. The van der Waals surface area contributed by atoms with E-state index in [9.17, 15) is 0 Å². The number of nitrogens with zero attached hydrogens (tertiary/aromatic N) is 2. The average molecular weight is 357 g/mol. The van der Waals surface area contributed by atoms with Gasteiger partial charge in [-0.15, -0.1) is 10.2 Å². The van der Waals surface area contributed by atoms with Gasteiger partial charge in [0.15, 0.2) is 11.5 Å². The summed E-state index contributed by atoms with van der Waals surface area (Å²) in [4.78, 5) is 0.0424. The van der Waals surface area contributed by atoms with Crippen molar-refractivity contribution in [1.82, 2.24) is 10.2 Å². The van der Waals surface area contributed by atoms with Crippen LogP contribution in [0.25, 0.3) is 11.5 Å². The minimum Gasteiger partial charge on any atom is -0.493 e. The molecule has 0 radical (unpaired) electrons. The van der Waals surface area contributed by atoms with Crippen LogP contribution in [-0.4, -0.2) is 31.5 Å². The summed E-state index contributed by atoms with van der Waals surface area (Å²) in [5.41, 5.74) is 0.707. The molecule has 0 amide bonds. The molecule has 0 saturated carbocycles. The standard InChI is InChI=1S/C14H17BrN2O4/c1-5-9(15)14-17-16-13(21-14)8-6-10(18-2)12(20-4)11(7-8)19-3/h6-7,9H,5H2,1-4H3. The zero-order chi connectivity index (χ0) is 15.4. The Labute approximate surface area is 131 Å². The van der Waals surface area contributed by atoms with Crippen LogP contribution in [0.5, 0.6) is 17.2 Å². The number of ether oxygens (including phenoxy) is 3. The number of halogens is 1.